The Bertz CT molecular complexity index is 754. The fourth-order valence-electron chi connectivity index (χ4n) is 3.14. The molecule has 1 fully saturated rings. The summed E-state index contributed by atoms with van der Waals surface area (Å²) in [7, 11) is 0. The van der Waals surface area contributed by atoms with E-state index < -0.39 is 6.61 Å². The number of aliphatic imine (C=N–C) groups is 1. The first-order valence-electron chi connectivity index (χ1n) is 9.31. The third-order valence-corrected chi connectivity index (χ3v) is 4.56. The number of rotatable bonds is 6. The third-order valence-electron chi connectivity index (χ3n) is 4.56. The van der Waals surface area contributed by atoms with Crippen LogP contribution in [0.3, 0.4) is 0 Å². The number of hydrogen-bond acceptors (Lipinski definition) is 6. The highest BCUT2D eigenvalue weighted by Crippen LogP contribution is 2.39. The number of nitrogens with zero attached hydrogens (tertiary/aromatic N) is 2. The minimum absolute atomic E-state index is 0.0182. The lowest BCUT2D eigenvalue weighted by molar-refractivity contribution is -0.0505. The molecule has 2 aliphatic rings. The van der Waals surface area contributed by atoms with Crippen LogP contribution >= 0.6 is 0 Å². The molecule has 1 aromatic rings. The van der Waals surface area contributed by atoms with Crippen LogP contribution in [0.2, 0.25) is 0 Å². The molecule has 0 aromatic heterocycles. The first kappa shape index (κ1) is 20.7. The minimum atomic E-state index is -2.97. The number of carbonyl (C=O) groups excluding carboxylic acids is 1. The van der Waals surface area contributed by atoms with E-state index in [1.807, 2.05) is 0 Å². The van der Waals surface area contributed by atoms with Gasteiger partial charge in [-0.25, -0.2) is 9.79 Å². The molecule has 1 amide bonds. The van der Waals surface area contributed by atoms with Crippen molar-refractivity contribution in [2.75, 3.05) is 26.5 Å². The molecule has 1 aromatic carbocycles. The fraction of sp³-hybridized carbons (Fsp3) is 0.556. The van der Waals surface area contributed by atoms with Crippen molar-refractivity contribution in [1.82, 2.24) is 10.2 Å². The Hall–Kier alpha value is -2.98. The molecule has 2 aliphatic heterocycles. The summed E-state index contributed by atoms with van der Waals surface area (Å²) in [4.78, 5) is 17.6. The van der Waals surface area contributed by atoms with Gasteiger partial charge < -0.3 is 34.9 Å². The molecule has 0 spiro atoms. The number of piperidine rings is 1. The summed E-state index contributed by atoms with van der Waals surface area (Å²) >= 11 is 0. The fourth-order valence-corrected chi connectivity index (χ4v) is 3.14. The van der Waals surface area contributed by atoms with Crippen LogP contribution in [0.25, 0.3) is 0 Å². The van der Waals surface area contributed by atoms with E-state index in [2.05, 4.69) is 15.0 Å². The maximum absolute atomic E-state index is 12.7. The number of guanidine groups is 1. The number of fused-ring (bicyclic) bond motifs is 1. The number of alkyl halides is 2. The minimum Gasteiger partial charge on any atom is -0.454 e. The molecule has 0 atom stereocenters. The molecule has 9 nitrogen and oxygen atoms in total. The summed E-state index contributed by atoms with van der Waals surface area (Å²) in [6.07, 6.45) is 1.07. The zero-order valence-corrected chi connectivity index (χ0v) is 16.0. The molecule has 0 radical (unpaired) electrons. The number of nitrogens with two attached hydrogens (primary N) is 1. The summed E-state index contributed by atoms with van der Waals surface area (Å²) in [5, 5.41) is 3.10. The lowest BCUT2D eigenvalue weighted by Crippen LogP contribution is -2.48. The molecule has 0 bridgehead atoms. The summed E-state index contributed by atoms with van der Waals surface area (Å²) in [5.74, 6) is 0.923. The monoisotopic (exact) mass is 414 g/mol. The quantitative estimate of drug-likeness (QED) is 0.542. The molecule has 0 saturated carbocycles. The molecule has 2 heterocycles. The van der Waals surface area contributed by atoms with Gasteiger partial charge in [-0.1, -0.05) is 0 Å². The molecule has 11 heteroatoms. The zero-order valence-electron chi connectivity index (χ0n) is 16.0. The van der Waals surface area contributed by atoms with Crippen LogP contribution in [-0.4, -0.2) is 56.1 Å². The van der Waals surface area contributed by atoms with Crippen LogP contribution in [0.5, 0.6) is 17.2 Å². The summed E-state index contributed by atoms with van der Waals surface area (Å²) in [6.45, 7) is 0.285. The lowest BCUT2D eigenvalue weighted by Gasteiger charge is -2.31. The molecule has 29 heavy (non-hydrogen) atoms. The van der Waals surface area contributed by atoms with E-state index in [9.17, 15) is 13.6 Å². The van der Waals surface area contributed by atoms with Gasteiger partial charge in [-0.15, -0.1) is 0 Å². The first-order valence-corrected chi connectivity index (χ1v) is 9.31. The van der Waals surface area contributed by atoms with E-state index in [-0.39, 0.29) is 37.2 Å². The van der Waals surface area contributed by atoms with Crippen molar-refractivity contribution >= 4 is 12.1 Å². The third kappa shape index (κ3) is 5.52. The Labute approximate surface area is 166 Å². The Kier molecular flexibility index (Phi) is 6.78. The molecule has 160 valence electrons. The van der Waals surface area contributed by atoms with Crippen LogP contribution in [-0.2, 0) is 11.3 Å². The van der Waals surface area contributed by atoms with Crippen molar-refractivity contribution in [3.63, 3.8) is 0 Å². The summed E-state index contributed by atoms with van der Waals surface area (Å²) in [6, 6.07) is 2.96. The van der Waals surface area contributed by atoms with Gasteiger partial charge in [-0.05, 0) is 25.8 Å². The Morgan fingerprint density at radius 3 is 2.69 bits per heavy atom. The highest BCUT2D eigenvalue weighted by Gasteiger charge is 2.24. The van der Waals surface area contributed by atoms with Crippen molar-refractivity contribution in [3.05, 3.63) is 17.7 Å². The van der Waals surface area contributed by atoms with E-state index in [4.69, 9.17) is 19.9 Å². The standard InChI is InChI=1S/C18H24F2N4O5/c1-2-26-18(25)24-5-3-12(4-6-24)23-17(21)22-9-11-7-14-15(28-10-27-14)8-13(11)29-16(19)20/h7-8,12,16H,2-6,9-10H2,1H3,(H3,21,22,23). The van der Waals surface area contributed by atoms with Crippen molar-refractivity contribution in [1.29, 1.82) is 0 Å². The van der Waals surface area contributed by atoms with E-state index >= 15 is 0 Å². The normalized spacial score (nSPS) is 16.8. The predicted molar refractivity (Wildman–Crippen MR) is 99.3 cm³/mol. The SMILES string of the molecule is CCOC(=O)N1CCC(NC(N)=NCc2cc3c(cc2OC(F)F)OCO3)CC1. The second-order valence-electron chi connectivity index (χ2n) is 6.50. The van der Waals surface area contributed by atoms with Gasteiger partial charge >= 0.3 is 12.7 Å². The molecule has 1 saturated heterocycles. The van der Waals surface area contributed by atoms with Crippen LogP contribution in [0.4, 0.5) is 13.6 Å². The Balaban J connectivity index is 1.57. The average molecular weight is 414 g/mol. The van der Waals surface area contributed by atoms with E-state index in [1.54, 1.807) is 17.9 Å². The Morgan fingerprint density at radius 1 is 1.34 bits per heavy atom. The topological polar surface area (TPSA) is 108 Å². The second-order valence-corrected chi connectivity index (χ2v) is 6.50. The first-order chi connectivity index (χ1) is 14.0. The number of carbonyl (C=O) groups is 1. The maximum Gasteiger partial charge on any atom is 0.409 e. The van der Waals surface area contributed by atoms with E-state index in [0.29, 0.717) is 49.6 Å². The highest BCUT2D eigenvalue weighted by molar-refractivity contribution is 5.78. The van der Waals surface area contributed by atoms with Gasteiger partial charge in [0.05, 0.1) is 13.2 Å². The number of nitrogens with one attached hydrogen (secondary N) is 1. The summed E-state index contributed by atoms with van der Waals surface area (Å²) < 4.78 is 45.4. The molecule has 3 rings (SSSR count). The Morgan fingerprint density at radius 2 is 2.03 bits per heavy atom. The molecular formula is C18H24F2N4O5. The van der Waals surface area contributed by atoms with Crippen molar-refractivity contribution < 1.29 is 32.5 Å². The molecule has 0 unspecified atom stereocenters. The van der Waals surface area contributed by atoms with Gasteiger partial charge in [0.25, 0.3) is 0 Å². The van der Waals surface area contributed by atoms with Crippen molar-refractivity contribution in [2.45, 2.75) is 39.0 Å². The van der Waals surface area contributed by atoms with Crippen molar-refractivity contribution in [2.24, 2.45) is 10.7 Å². The smallest absolute Gasteiger partial charge is 0.409 e. The van der Waals surface area contributed by atoms with Gasteiger partial charge in [0, 0.05) is 30.8 Å². The lowest BCUT2D eigenvalue weighted by atomic mass is 10.1. The maximum atomic E-state index is 12.7. The average Bonchev–Trinajstić information content (AvgIpc) is 3.13. The number of benzene rings is 1. The number of ether oxygens (including phenoxy) is 4. The van der Waals surface area contributed by atoms with E-state index in [1.165, 1.54) is 6.07 Å². The van der Waals surface area contributed by atoms with Gasteiger partial charge in [0.15, 0.2) is 17.5 Å². The molecular weight excluding hydrogens is 390 g/mol. The predicted octanol–water partition coefficient (Wildman–Crippen LogP) is 2.04. The van der Waals surface area contributed by atoms with Gasteiger partial charge in [0.2, 0.25) is 6.79 Å². The van der Waals surface area contributed by atoms with Crippen molar-refractivity contribution in [3.8, 4) is 17.2 Å². The van der Waals surface area contributed by atoms with Gasteiger partial charge in [-0.2, -0.15) is 8.78 Å². The van der Waals surface area contributed by atoms with Gasteiger partial charge in [-0.3, -0.25) is 0 Å². The summed E-state index contributed by atoms with van der Waals surface area (Å²) in [5.41, 5.74) is 6.35. The molecule has 0 aliphatic carbocycles. The van der Waals surface area contributed by atoms with Crippen LogP contribution in [0, 0.1) is 0 Å². The zero-order chi connectivity index (χ0) is 20.8. The number of hydrogen-bond donors (Lipinski definition) is 2. The number of halogens is 2. The number of likely N-dealkylation sites (tertiary alicyclic amines) is 1. The van der Waals surface area contributed by atoms with Gasteiger partial charge in [0.1, 0.15) is 5.75 Å². The highest BCUT2D eigenvalue weighted by atomic mass is 19.3. The van der Waals surface area contributed by atoms with E-state index in [0.717, 1.165) is 0 Å². The van der Waals surface area contributed by atoms with Crippen LogP contribution in [0.15, 0.2) is 17.1 Å². The van der Waals surface area contributed by atoms with Crippen LogP contribution in [0.1, 0.15) is 25.3 Å². The number of amides is 1. The largest absolute Gasteiger partial charge is 0.454 e. The second kappa shape index (κ2) is 9.48. The van der Waals surface area contributed by atoms with Crippen LogP contribution < -0.4 is 25.3 Å². The molecule has 3 N–H and O–H groups in total.